The van der Waals surface area contributed by atoms with Gasteiger partial charge in [-0.3, -0.25) is 0 Å². The van der Waals surface area contributed by atoms with Crippen molar-refractivity contribution in [2.24, 2.45) is 5.92 Å². The molecule has 0 fully saturated rings. The predicted octanol–water partition coefficient (Wildman–Crippen LogP) is 6.22. The highest BCUT2D eigenvalue weighted by Gasteiger charge is 2.16. The summed E-state index contributed by atoms with van der Waals surface area (Å²) in [6.45, 7) is 5.86. The molecule has 0 spiro atoms. The fourth-order valence-corrected chi connectivity index (χ4v) is 3.99. The van der Waals surface area contributed by atoms with Gasteiger partial charge >= 0.3 is 0 Å². The van der Waals surface area contributed by atoms with E-state index in [9.17, 15) is 0 Å². The Kier molecular flexibility index (Phi) is 5.39. The molecule has 162 valence electrons. The molecule has 0 atom stereocenters. The summed E-state index contributed by atoms with van der Waals surface area (Å²) in [5, 5.41) is 1.05. The van der Waals surface area contributed by atoms with Gasteiger partial charge in [0.25, 0.3) is 0 Å². The number of rotatable bonds is 7. The van der Waals surface area contributed by atoms with Crippen LogP contribution in [0.3, 0.4) is 0 Å². The standard InChI is InChI=1S/C27H27N3O2/c1-18(2)14-15-32-20-10-8-19(9-11-20)17-30-25-13-12-21(31-3)16-22(25)26-27(30)29-24-7-5-4-6-23(24)28-26/h4-13,16,18H,14-15,17H2,1-3H3. The molecule has 2 aromatic heterocycles. The molecule has 0 aliphatic heterocycles. The summed E-state index contributed by atoms with van der Waals surface area (Å²) in [4.78, 5) is 9.92. The van der Waals surface area contributed by atoms with E-state index in [1.54, 1.807) is 7.11 Å². The van der Waals surface area contributed by atoms with Crippen LogP contribution < -0.4 is 9.47 Å². The predicted molar refractivity (Wildman–Crippen MR) is 130 cm³/mol. The van der Waals surface area contributed by atoms with Crippen LogP contribution >= 0.6 is 0 Å². The molecular formula is C27H27N3O2. The summed E-state index contributed by atoms with van der Waals surface area (Å²) >= 11 is 0. The van der Waals surface area contributed by atoms with E-state index >= 15 is 0 Å². The molecule has 0 bridgehead atoms. The number of fused-ring (bicyclic) bond motifs is 4. The van der Waals surface area contributed by atoms with E-state index in [1.165, 1.54) is 5.56 Å². The molecule has 0 unspecified atom stereocenters. The Morgan fingerprint density at radius 3 is 2.31 bits per heavy atom. The molecule has 32 heavy (non-hydrogen) atoms. The maximum atomic E-state index is 5.88. The van der Waals surface area contributed by atoms with E-state index in [2.05, 4.69) is 36.6 Å². The Morgan fingerprint density at radius 1 is 0.875 bits per heavy atom. The van der Waals surface area contributed by atoms with Gasteiger partial charge in [0.15, 0.2) is 5.65 Å². The smallest absolute Gasteiger partial charge is 0.160 e. The summed E-state index contributed by atoms with van der Waals surface area (Å²) < 4.78 is 13.6. The maximum Gasteiger partial charge on any atom is 0.160 e. The van der Waals surface area contributed by atoms with E-state index < -0.39 is 0 Å². The highest BCUT2D eigenvalue weighted by atomic mass is 16.5. The average molecular weight is 426 g/mol. The van der Waals surface area contributed by atoms with Crippen molar-refractivity contribution < 1.29 is 9.47 Å². The van der Waals surface area contributed by atoms with Crippen LogP contribution in [0, 0.1) is 5.92 Å². The third kappa shape index (κ3) is 3.86. The summed E-state index contributed by atoms with van der Waals surface area (Å²) in [5.74, 6) is 2.36. The Hall–Kier alpha value is -3.60. The first kappa shape index (κ1) is 20.3. The van der Waals surface area contributed by atoms with Gasteiger partial charge in [0, 0.05) is 11.9 Å². The number of ether oxygens (including phenoxy) is 2. The van der Waals surface area contributed by atoms with Crippen molar-refractivity contribution in [2.75, 3.05) is 13.7 Å². The Bertz CT molecular complexity index is 1390. The van der Waals surface area contributed by atoms with Crippen LogP contribution in [0.5, 0.6) is 11.5 Å². The minimum atomic E-state index is 0.639. The second-order valence-electron chi connectivity index (χ2n) is 8.53. The molecule has 0 aliphatic rings. The van der Waals surface area contributed by atoms with E-state index in [0.29, 0.717) is 12.5 Å². The molecule has 0 aliphatic carbocycles. The van der Waals surface area contributed by atoms with Gasteiger partial charge in [-0.1, -0.05) is 38.1 Å². The first-order valence-electron chi connectivity index (χ1n) is 11.1. The van der Waals surface area contributed by atoms with Crippen LogP contribution in [0.2, 0.25) is 0 Å². The molecular weight excluding hydrogens is 398 g/mol. The first-order chi connectivity index (χ1) is 15.6. The lowest BCUT2D eigenvalue weighted by atomic mass is 10.1. The number of methoxy groups -OCH3 is 1. The lowest BCUT2D eigenvalue weighted by molar-refractivity contribution is 0.289. The van der Waals surface area contributed by atoms with Crippen LogP contribution in [-0.2, 0) is 6.54 Å². The summed E-state index contributed by atoms with van der Waals surface area (Å²) in [6.07, 6.45) is 1.05. The second kappa shape index (κ2) is 8.50. The van der Waals surface area contributed by atoms with Gasteiger partial charge in [0.1, 0.15) is 17.0 Å². The normalized spacial score (nSPS) is 11.6. The van der Waals surface area contributed by atoms with E-state index in [1.807, 2.05) is 48.5 Å². The highest BCUT2D eigenvalue weighted by Crippen LogP contribution is 2.32. The third-order valence-corrected chi connectivity index (χ3v) is 5.79. The lowest BCUT2D eigenvalue weighted by Crippen LogP contribution is -2.03. The van der Waals surface area contributed by atoms with E-state index in [4.69, 9.17) is 19.4 Å². The molecule has 0 amide bonds. The topological polar surface area (TPSA) is 49.2 Å². The van der Waals surface area contributed by atoms with E-state index in [-0.39, 0.29) is 0 Å². The van der Waals surface area contributed by atoms with Crippen molar-refractivity contribution in [3.8, 4) is 11.5 Å². The summed E-state index contributed by atoms with van der Waals surface area (Å²) in [5.41, 5.74) is 5.84. The molecule has 0 N–H and O–H groups in total. The quantitative estimate of drug-likeness (QED) is 0.311. The van der Waals surface area contributed by atoms with Crippen LogP contribution in [0.1, 0.15) is 25.8 Å². The van der Waals surface area contributed by atoms with Crippen molar-refractivity contribution >= 4 is 33.1 Å². The molecule has 0 radical (unpaired) electrons. The van der Waals surface area contributed by atoms with Gasteiger partial charge in [-0.15, -0.1) is 0 Å². The zero-order chi connectivity index (χ0) is 22.1. The number of benzene rings is 3. The Morgan fingerprint density at radius 2 is 1.59 bits per heavy atom. The zero-order valence-electron chi connectivity index (χ0n) is 18.7. The molecule has 5 aromatic rings. The lowest BCUT2D eigenvalue weighted by Gasteiger charge is -2.10. The summed E-state index contributed by atoms with van der Waals surface area (Å²) in [6, 6.07) is 22.5. The van der Waals surface area contributed by atoms with Crippen molar-refractivity contribution in [1.29, 1.82) is 0 Å². The van der Waals surface area contributed by atoms with Gasteiger partial charge in [-0.05, 0) is 60.4 Å². The number of aromatic nitrogens is 3. The minimum absolute atomic E-state index is 0.639. The number of hydrogen-bond donors (Lipinski definition) is 0. The number of nitrogens with zero attached hydrogens (tertiary/aromatic N) is 3. The maximum absolute atomic E-state index is 5.88. The Labute approximate surface area is 187 Å². The molecule has 0 saturated carbocycles. The largest absolute Gasteiger partial charge is 0.497 e. The second-order valence-corrected chi connectivity index (χ2v) is 8.53. The van der Waals surface area contributed by atoms with Gasteiger partial charge in [0.05, 0.1) is 30.3 Å². The molecule has 0 saturated heterocycles. The third-order valence-electron chi connectivity index (χ3n) is 5.79. The monoisotopic (exact) mass is 425 g/mol. The molecule has 5 rings (SSSR count). The van der Waals surface area contributed by atoms with Crippen molar-refractivity contribution in [2.45, 2.75) is 26.8 Å². The number of hydrogen-bond acceptors (Lipinski definition) is 4. The highest BCUT2D eigenvalue weighted by molar-refractivity contribution is 6.07. The Balaban J connectivity index is 1.55. The van der Waals surface area contributed by atoms with Gasteiger partial charge < -0.3 is 14.0 Å². The van der Waals surface area contributed by atoms with Crippen LogP contribution in [0.15, 0.2) is 66.7 Å². The van der Waals surface area contributed by atoms with Crippen molar-refractivity contribution in [3.05, 3.63) is 72.3 Å². The fraction of sp³-hybridized carbons (Fsp3) is 0.259. The fourth-order valence-electron chi connectivity index (χ4n) is 3.99. The molecule has 2 heterocycles. The molecule has 5 nitrogen and oxygen atoms in total. The first-order valence-corrected chi connectivity index (χ1v) is 11.1. The van der Waals surface area contributed by atoms with Crippen molar-refractivity contribution in [3.63, 3.8) is 0 Å². The SMILES string of the molecule is COc1ccc2c(c1)c1nc3ccccc3nc1n2Cc1ccc(OCCC(C)C)cc1. The molecule has 5 heteroatoms. The summed E-state index contributed by atoms with van der Waals surface area (Å²) in [7, 11) is 1.69. The van der Waals surface area contributed by atoms with E-state index in [0.717, 1.165) is 57.6 Å². The number of para-hydroxylation sites is 2. The van der Waals surface area contributed by atoms with Crippen LogP contribution in [0.4, 0.5) is 0 Å². The minimum Gasteiger partial charge on any atom is -0.497 e. The van der Waals surface area contributed by atoms with Crippen LogP contribution in [0.25, 0.3) is 33.1 Å². The van der Waals surface area contributed by atoms with Gasteiger partial charge in [-0.2, -0.15) is 0 Å². The van der Waals surface area contributed by atoms with Gasteiger partial charge in [0.2, 0.25) is 0 Å². The zero-order valence-corrected chi connectivity index (χ0v) is 18.7. The average Bonchev–Trinajstić information content (AvgIpc) is 3.10. The van der Waals surface area contributed by atoms with Crippen LogP contribution in [-0.4, -0.2) is 28.3 Å². The molecule has 3 aromatic carbocycles. The van der Waals surface area contributed by atoms with Crippen molar-refractivity contribution in [1.82, 2.24) is 14.5 Å². The van der Waals surface area contributed by atoms with Gasteiger partial charge in [-0.25, -0.2) is 9.97 Å².